The molecular formula is C23H27N5O2S. The third kappa shape index (κ3) is 5.25. The highest BCUT2D eigenvalue weighted by molar-refractivity contribution is 7.99. The number of carbonyl (C=O) groups is 1. The summed E-state index contributed by atoms with van der Waals surface area (Å²) in [4.78, 5) is 12.4. The summed E-state index contributed by atoms with van der Waals surface area (Å²) in [5, 5.41) is 13.8. The van der Waals surface area contributed by atoms with Gasteiger partial charge in [-0.1, -0.05) is 60.9 Å². The van der Waals surface area contributed by atoms with E-state index in [1.807, 2.05) is 0 Å². The van der Waals surface area contributed by atoms with Gasteiger partial charge in [0.05, 0.1) is 12.0 Å². The number of aromatic nitrogens is 3. The Kier molecular flexibility index (Phi) is 6.86. The summed E-state index contributed by atoms with van der Waals surface area (Å²) >= 11 is 1.40. The molecule has 3 aromatic rings. The van der Waals surface area contributed by atoms with Gasteiger partial charge < -0.3 is 4.42 Å². The predicted octanol–water partition coefficient (Wildman–Crippen LogP) is 4.98. The Hall–Kier alpha value is -2.87. The molecule has 4 rings (SSSR count). The number of hydrazone groups is 1. The van der Waals surface area contributed by atoms with E-state index in [4.69, 9.17) is 4.42 Å². The van der Waals surface area contributed by atoms with Crippen LogP contribution < -0.4 is 5.43 Å². The predicted molar refractivity (Wildman–Crippen MR) is 122 cm³/mol. The zero-order chi connectivity index (χ0) is 21.6. The number of amides is 1. The highest BCUT2D eigenvalue weighted by Crippen LogP contribution is 2.35. The van der Waals surface area contributed by atoms with Gasteiger partial charge in [0.15, 0.2) is 11.0 Å². The van der Waals surface area contributed by atoms with E-state index in [2.05, 4.69) is 56.5 Å². The molecule has 7 nitrogen and oxygen atoms in total. The van der Waals surface area contributed by atoms with Crippen molar-refractivity contribution in [1.29, 1.82) is 0 Å². The first-order chi connectivity index (χ1) is 15.1. The number of nitrogens with one attached hydrogen (secondary N) is 1. The smallest absolute Gasteiger partial charge is 0.250 e. The Labute approximate surface area is 186 Å². The summed E-state index contributed by atoms with van der Waals surface area (Å²) in [6.45, 7) is 3.87. The van der Waals surface area contributed by atoms with Crippen molar-refractivity contribution >= 4 is 23.4 Å². The topological polar surface area (TPSA) is 85.3 Å². The van der Waals surface area contributed by atoms with E-state index in [9.17, 15) is 4.79 Å². The van der Waals surface area contributed by atoms with Crippen LogP contribution in [0.1, 0.15) is 56.4 Å². The molecular weight excluding hydrogens is 410 g/mol. The van der Waals surface area contributed by atoms with Crippen molar-refractivity contribution < 1.29 is 9.21 Å². The fourth-order valence-electron chi connectivity index (χ4n) is 3.79. The van der Waals surface area contributed by atoms with Crippen LogP contribution in [0, 0.1) is 6.92 Å². The molecule has 2 heterocycles. The molecule has 0 bridgehead atoms. The average Bonchev–Trinajstić information content (AvgIpc) is 3.47. The summed E-state index contributed by atoms with van der Waals surface area (Å²) in [5.74, 6) is 1.54. The van der Waals surface area contributed by atoms with Crippen molar-refractivity contribution in [2.45, 2.75) is 57.1 Å². The largest absolute Gasteiger partial charge is 0.463 e. The van der Waals surface area contributed by atoms with Gasteiger partial charge in [0.1, 0.15) is 11.5 Å². The van der Waals surface area contributed by atoms with Crippen LogP contribution in [0.5, 0.6) is 0 Å². The fourth-order valence-corrected chi connectivity index (χ4v) is 4.59. The SMILES string of the molecule is CC(=NNC(=O)CSc1nnc(-c2ccc(C)cc2)n1C1CCCCC1)c1ccco1. The second-order valence-electron chi connectivity index (χ2n) is 7.83. The molecule has 0 spiro atoms. The number of carbonyl (C=O) groups excluding carboxylic acids is 1. The lowest BCUT2D eigenvalue weighted by atomic mass is 9.95. The highest BCUT2D eigenvalue weighted by atomic mass is 32.2. The van der Waals surface area contributed by atoms with Crippen LogP contribution in [0.15, 0.2) is 57.3 Å². The molecule has 1 aliphatic carbocycles. The number of thioether (sulfide) groups is 1. The van der Waals surface area contributed by atoms with Crippen LogP contribution in [0.25, 0.3) is 11.4 Å². The molecule has 0 aliphatic heterocycles. The Morgan fingerprint density at radius 2 is 1.97 bits per heavy atom. The van der Waals surface area contributed by atoms with Crippen LogP contribution >= 0.6 is 11.8 Å². The van der Waals surface area contributed by atoms with Gasteiger partial charge in [-0.2, -0.15) is 5.10 Å². The van der Waals surface area contributed by atoms with Crippen molar-refractivity contribution in [1.82, 2.24) is 20.2 Å². The van der Waals surface area contributed by atoms with Crippen molar-refractivity contribution in [2.24, 2.45) is 5.10 Å². The second kappa shape index (κ2) is 9.96. The number of furan rings is 1. The quantitative estimate of drug-likeness (QED) is 0.320. The van der Waals surface area contributed by atoms with Crippen LogP contribution in [0.2, 0.25) is 0 Å². The van der Waals surface area contributed by atoms with Crippen LogP contribution in [-0.4, -0.2) is 32.1 Å². The maximum Gasteiger partial charge on any atom is 0.250 e. The molecule has 31 heavy (non-hydrogen) atoms. The number of aryl methyl sites for hydroxylation is 1. The van der Waals surface area contributed by atoms with Gasteiger partial charge in [-0.25, -0.2) is 5.43 Å². The van der Waals surface area contributed by atoms with E-state index in [0.29, 0.717) is 17.5 Å². The molecule has 0 radical (unpaired) electrons. The minimum atomic E-state index is -0.189. The Bertz CT molecular complexity index is 1030. The van der Waals surface area contributed by atoms with Gasteiger partial charge in [0, 0.05) is 11.6 Å². The molecule has 1 N–H and O–H groups in total. The number of hydrogen-bond donors (Lipinski definition) is 1. The second-order valence-corrected chi connectivity index (χ2v) is 8.77. The minimum Gasteiger partial charge on any atom is -0.463 e. The standard InChI is InChI=1S/C23H27N5O2S/c1-16-10-12-18(13-11-16)22-26-27-23(28(22)19-7-4-3-5-8-19)31-15-21(29)25-24-17(2)20-9-6-14-30-20/h6,9-14,19H,3-5,7-8,15H2,1-2H3,(H,25,29). The lowest BCUT2D eigenvalue weighted by Crippen LogP contribution is -2.22. The molecule has 1 saturated carbocycles. The molecule has 2 aromatic heterocycles. The number of nitrogens with zero attached hydrogens (tertiary/aromatic N) is 4. The van der Waals surface area contributed by atoms with E-state index < -0.39 is 0 Å². The van der Waals surface area contributed by atoms with Crippen molar-refractivity contribution in [3.05, 3.63) is 54.0 Å². The Balaban J connectivity index is 1.49. The van der Waals surface area contributed by atoms with Gasteiger partial charge in [0.25, 0.3) is 5.91 Å². The zero-order valence-corrected chi connectivity index (χ0v) is 18.7. The first-order valence-corrected chi connectivity index (χ1v) is 11.6. The normalized spacial score (nSPS) is 15.2. The first-order valence-electron chi connectivity index (χ1n) is 10.6. The average molecular weight is 438 g/mol. The Morgan fingerprint density at radius 1 is 1.19 bits per heavy atom. The highest BCUT2D eigenvalue weighted by Gasteiger charge is 2.24. The van der Waals surface area contributed by atoms with Crippen molar-refractivity contribution in [2.75, 3.05) is 5.75 Å². The third-order valence-corrected chi connectivity index (χ3v) is 6.42. The van der Waals surface area contributed by atoms with Gasteiger partial charge in [-0.15, -0.1) is 10.2 Å². The number of rotatable bonds is 7. The third-order valence-electron chi connectivity index (χ3n) is 5.47. The summed E-state index contributed by atoms with van der Waals surface area (Å²) in [6, 6.07) is 12.3. The van der Waals surface area contributed by atoms with Gasteiger partial charge in [-0.05, 0) is 38.8 Å². The monoisotopic (exact) mass is 437 g/mol. The van der Waals surface area contributed by atoms with E-state index in [-0.39, 0.29) is 11.7 Å². The molecule has 1 aromatic carbocycles. The van der Waals surface area contributed by atoms with Crippen LogP contribution in [0.3, 0.4) is 0 Å². The van der Waals surface area contributed by atoms with Gasteiger partial charge in [0.2, 0.25) is 0 Å². The lowest BCUT2D eigenvalue weighted by Gasteiger charge is -2.25. The molecule has 0 atom stereocenters. The van der Waals surface area contributed by atoms with E-state index in [1.165, 1.54) is 36.6 Å². The van der Waals surface area contributed by atoms with Crippen molar-refractivity contribution in [3.63, 3.8) is 0 Å². The van der Waals surface area contributed by atoms with Gasteiger partial charge in [-0.3, -0.25) is 9.36 Å². The van der Waals surface area contributed by atoms with Crippen LogP contribution in [0.4, 0.5) is 0 Å². The molecule has 1 aliphatic rings. The molecule has 8 heteroatoms. The number of hydrogen-bond acceptors (Lipinski definition) is 6. The first kappa shape index (κ1) is 21.4. The molecule has 0 saturated heterocycles. The fraction of sp³-hybridized carbons (Fsp3) is 0.391. The molecule has 162 valence electrons. The van der Waals surface area contributed by atoms with Crippen molar-refractivity contribution in [3.8, 4) is 11.4 Å². The lowest BCUT2D eigenvalue weighted by molar-refractivity contribution is -0.118. The van der Waals surface area contributed by atoms with Gasteiger partial charge >= 0.3 is 0 Å². The summed E-state index contributed by atoms with van der Waals surface area (Å²) in [6.07, 6.45) is 7.50. The summed E-state index contributed by atoms with van der Waals surface area (Å²) in [5.41, 5.74) is 5.48. The number of benzene rings is 1. The zero-order valence-electron chi connectivity index (χ0n) is 17.9. The van der Waals surface area contributed by atoms with E-state index in [1.54, 1.807) is 25.3 Å². The van der Waals surface area contributed by atoms with E-state index in [0.717, 1.165) is 29.4 Å². The molecule has 0 unspecified atom stereocenters. The molecule has 1 fully saturated rings. The Morgan fingerprint density at radius 3 is 2.68 bits per heavy atom. The summed E-state index contributed by atoms with van der Waals surface area (Å²) in [7, 11) is 0. The maximum atomic E-state index is 12.4. The molecule has 1 amide bonds. The van der Waals surface area contributed by atoms with Crippen LogP contribution in [-0.2, 0) is 4.79 Å². The maximum absolute atomic E-state index is 12.4. The minimum absolute atomic E-state index is 0.189. The van der Waals surface area contributed by atoms with E-state index >= 15 is 0 Å². The summed E-state index contributed by atoms with van der Waals surface area (Å²) < 4.78 is 7.52.